The van der Waals surface area contributed by atoms with Gasteiger partial charge in [0.05, 0.1) is 12.3 Å². The van der Waals surface area contributed by atoms with Gasteiger partial charge in [-0.05, 0) is 66.3 Å². The van der Waals surface area contributed by atoms with Crippen LogP contribution in [-0.4, -0.2) is 53.1 Å². The van der Waals surface area contributed by atoms with E-state index in [1.807, 2.05) is 41.3 Å². The summed E-state index contributed by atoms with van der Waals surface area (Å²) in [7, 11) is 0. The largest absolute Gasteiger partial charge is 0.353 e. The molecule has 0 bridgehead atoms. The molecule has 2 aromatic carbocycles. The minimum Gasteiger partial charge on any atom is -0.353 e. The Morgan fingerprint density at radius 2 is 1.67 bits per heavy atom. The van der Waals surface area contributed by atoms with Gasteiger partial charge in [0.15, 0.2) is 5.82 Å². The molecule has 2 saturated heterocycles. The van der Waals surface area contributed by atoms with E-state index >= 15 is 0 Å². The highest BCUT2D eigenvalue weighted by Crippen LogP contribution is 2.30. The quantitative estimate of drug-likeness (QED) is 0.568. The number of benzene rings is 2. The van der Waals surface area contributed by atoms with Crippen LogP contribution in [-0.2, 0) is 16.0 Å². The summed E-state index contributed by atoms with van der Waals surface area (Å²) in [6, 6.07) is 14.8. The van der Waals surface area contributed by atoms with Gasteiger partial charge in [-0.15, -0.1) is 5.10 Å². The fourth-order valence-electron chi connectivity index (χ4n) is 4.84. The summed E-state index contributed by atoms with van der Waals surface area (Å²) in [5.74, 6) is -0.463. The molecule has 186 valence electrons. The standard InChI is InChI=1S/C27H27F2N5O2/c28-22-12-18(13-23(29)15-22)14-26(35)33-10-7-20(8-11-33)19-3-5-24(6-4-19)31-27(36)21-16-34(17-21)25-2-1-9-30-32-25/h1-6,9,12-13,15,20-21H,7-8,10-11,14,16-17H2,(H,31,36). The molecule has 36 heavy (non-hydrogen) atoms. The van der Waals surface area contributed by atoms with Crippen molar-refractivity contribution in [3.63, 3.8) is 0 Å². The van der Waals surface area contributed by atoms with E-state index < -0.39 is 11.6 Å². The highest BCUT2D eigenvalue weighted by atomic mass is 19.1. The smallest absolute Gasteiger partial charge is 0.231 e. The number of hydrogen-bond acceptors (Lipinski definition) is 5. The predicted octanol–water partition coefficient (Wildman–Crippen LogP) is 3.78. The molecule has 0 saturated carbocycles. The zero-order valence-corrected chi connectivity index (χ0v) is 19.7. The third-order valence-corrected chi connectivity index (χ3v) is 6.91. The monoisotopic (exact) mass is 491 g/mol. The Balaban J connectivity index is 1.08. The number of nitrogens with one attached hydrogen (secondary N) is 1. The molecule has 1 N–H and O–H groups in total. The highest BCUT2D eigenvalue weighted by molar-refractivity contribution is 5.94. The number of hydrogen-bond donors (Lipinski definition) is 1. The topological polar surface area (TPSA) is 78.4 Å². The molecule has 2 aliphatic rings. The molecule has 2 fully saturated rings. The lowest BCUT2D eigenvalue weighted by Gasteiger charge is -2.38. The molecule has 2 aliphatic heterocycles. The first-order valence-corrected chi connectivity index (χ1v) is 12.1. The minimum atomic E-state index is -0.673. The zero-order valence-electron chi connectivity index (χ0n) is 19.7. The van der Waals surface area contributed by atoms with Gasteiger partial charge in [0, 0.05) is 44.1 Å². The second-order valence-electron chi connectivity index (χ2n) is 9.40. The maximum atomic E-state index is 13.4. The molecular weight excluding hydrogens is 464 g/mol. The average molecular weight is 492 g/mol. The molecule has 1 aromatic heterocycles. The normalized spacial score (nSPS) is 16.5. The van der Waals surface area contributed by atoms with Crippen LogP contribution in [0.5, 0.6) is 0 Å². The van der Waals surface area contributed by atoms with Gasteiger partial charge in [-0.3, -0.25) is 9.59 Å². The van der Waals surface area contributed by atoms with Crippen LogP contribution in [0.15, 0.2) is 60.8 Å². The number of amides is 2. The van der Waals surface area contributed by atoms with Crippen LogP contribution in [0.3, 0.4) is 0 Å². The van der Waals surface area contributed by atoms with E-state index in [2.05, 4.69) is 15.5 Å². The Bertz CT molecular complexity index is 1200. The van der Waals surface area contributed by atoms with Gasteiger partial charge < -0.3 is 15.1 Å². The summed E-state index contributed by atoms with van der Waals surface area (Å²) < 4.78 is 26.8. The Kier molecular flexibility index (Phi) is 6.88. The van der Waals surface area contributed by atoms with Crippen LogP contribution >= 0.6 is 0 Å². The van der Waals surface area contributed by atoms with E-state index in [9.17, 15) is 18.4 Å². The van der Waals surface area contributed by atoms with Crippen molar-refractivity contribution in [2.75, 3.05) is 36.4 Å². The third kappa shape index (κ3) is 5.50. The van der Waals surface area contributed by atoms with Gasteiger partial charge in [-0.25, -0.2) is 8.78 Å². The molecule has 2 amide bonds. The second-order valence-corrected chi connectivity index (χ2v) is 9.40. The van der Waals surface area contributed by atoms with Crippen LogP contribution in [0.2, 0.25) is 0 Å². The predicted molar refractivity (Wildman–Crippen MR) is 131 cm³/mol. The maximum absolute atomic E-state index is 13.4. The van der Waals surface area contributed by atoms with E-state index in [4.69, 9.17) is 0 Å². The third-order valence-electron chi connectivity index (χ3n) is 6.91. The average Bonchev–Trinajstić information content (AvgIpc) is 2.84. The molecule has 0 unspecified atom stereocenters. The van der Waals surface area contributed by atoms with E-state index in [1.54, 1.807) is 11.1 Å². The molecule has 7 nitrogen and oxygen atoms in total. The fourth-order valence-corrected chi connectivity index (χ4v) is 4.84. The first kappa shape index (κ1) is 23.8. The summed E-state index contributed by atoms with van der Waals surface area (Å²) >= 11 is 0. The van der Waals surface area contributed by atoms with Crippen LogP contribution in [0, 0.1) is 17.6 Å². The number of piperidine rings is 1. The summed E-state index contributed by atoms with van der Waals surface area (Å²) in [4.78, 5) is 29.0. The molecular formula is C27H27F2N5O2. The van der Waals surface area contributed by atoms with E-state index in [0.29, 0.717) is 37.7 Å². The van der Waals surface area contributed by atoms with Crippen LogP contribution < -0.4 is 10.2 Å². The highest BCUT2D eigenvalue weighted by Gasteiger charge is 2.33. The van der Waals surface area contributed by atoms with Gasteiger partial charge in [0.2, 0.25) is 11.8 Å². The number of carbonyl (C=O) groups excluding carboxylic acids is 2. The van der Waals surface area contributed by atoms with E-state index in [0.717, 1.165) is 30.4 Å². The molecule has 5 rings (SSSR count). The molecule has 3 heterocycles. The van der Waals surface area contributed by atoms with Crippen LogP contribution in [0.4, 0.5) is 20.3 Å². The number of carbonyl (C=O) groups is 2. The molecule has 0 aliphatic carbocycles. The molecule has 0 radical (unpaired) electrons. The number of rotatable bonds is 6. The Labute approximate surface area is 208 Å². The lowest BCUT2D eigenvalue weighted by molar-refractivity contribution is -0.131. The Morgan fingerprint density at radius 1 is 0.972 bits per heavy atom. The molecule has 0 spiro atoms. The number of anilines is 2. The molecule has 3 aromatic rings. The summed E-state index contributed by atoms with van der Waals surface area (Å²) in [5, 5.41) is 10.9. The van der Waals surface area contributed by atoms with Gasteiger partial charge >= 0.3 is 0 Å². The number of halogens is 2. The van der Waals surface area contributed by atoms with Gasteiger partial charge in [-0.2, -0.15) is 5.10 Å². The van der Waals surface area contributed by atoms with Crippen LogP contribution in [0.1, 0.15) is 29.9 Å². The van der Waals surface area contributed by atoms with Crippen molar-refractivity contribution in [2.24, 2.45) is 5.92 Å². The van der Waals surface area contributed by atoms with Gasteiger partial charge in [0.25, 0.3) is 0 Å². The van der Waals surface area contributed by atoms with Crippen molar-refractivity contribution >= 4 is 23.3 Å². The minimum absolute atomic E-state index is 0.00658. The molecule has 9 heteroatoms. The zero-order chi connectivity index (χ0) is 25.1. The van der Waals surface area contributed by atoms with Gasteiger partial charge in [-0.1, -0.05) is 12.1 Å². The van der Waals surface area contributed by atoms with Crippen molar-refractivity contribution in [1.29, 1.82) is 0 Å². The fraction of sp³-hybridized carbons (Fsp3) is 0.333. The number of aromatic nitrogens is 2. The van der Waals surface area contributed by atoms with Crippen molar-refractivity contribution in [2.45, 2.75) is 25.2 Å². The van der Waals surface area contributed by atoms with E-state index in [-0.39, 0.29) is 24.2 Å². The van der Waals surface area contributed by atoms with Crippen LogP contribution in [0.25, 0.3) is 0 Å². The summed E-state index contributed by atoms with van der Waals surface area (Å²) in [6.07, 6.45) is 3.24. The van der Waals surface area contributed by atoms with Gasteiger partial charge in [0.1, 0.15) is 11.6 Å². The molecule has 0 atom stereocenters. The SMILES string of the molecule is O=C(Nc1ccc(C2CCN(C(=O)Cc3cc(F)cc(F)c3)CC2)cc1)C1CN(c2cccnn2)C1. The Hall–Kier alpha value is -3.88. The second kappa shape index (κ2) is 10.4. The Morgan fingerprint density at radius 3 is 2.31 bits per heavy atom. The van der Waals surface area contributed by atoms with E-state index in [1.165, 1.54) is 17.7 Å². The number of likely N-dealkylation sites (tertiary alicyclic amines) is 1. The van der Waals surface area contributed by atoms with Crippen molar-refractivity contribution in [3.05, 3.63) is 83.6 Å². The first-order chi connectivity index (χ1) is 17.4. The lowest BCUT2D eigenvalue weighted by atomic mass is 9.89. The van der Waals surface area contributed by atoms with Crippen molar-refractivity contribution in [3.8, 4) is 0 Å². The maximum Gasteiger partial charge on any atom is 0.231 e. The number of nitrogens with zero attached hydrogens (tertiary/aromatic N) is 4. The van der Waals surface area contributed by atoms with Crippen molar-refractivity contribution in [1.82, 2.24) is 15.1 Å². The summed E-state index contributed by atoms with van der Waals surface area (Å²) in [6.45, 7) is 2.44. The first-order valence-electron chi connectivity index (χ1n) is 12.1. The summed E-state index contributed by atoms with van der Waals surface area (Å²) in [5.41, 5.74) is 2.28. The van der Waals surface area contributed by atoms with Crippen molar-refractivity contribution < 1.29 is 18.4 Å². The lowest BCUT2D eigenvalue weighted by Crippen LogP contribution is -2.52.